The first-order valence-electron chi connectivity index (χ1n) is 6.41. The van der Waals surface area contributed by atoms with Crippen molar-refractivity contribution in [2.75, 3.05) is 11.9 Å². The molecule has 0 bridgehead atoms. The number of halogens is 1. The molecule has 10 heteroatoms. The summed E-state index contributed by atoms with van der Waals surface area (Å²) in [5, 5.41) is 31.5. The molecule has 2 aliphatic rings. The highest BCUT2D eigenvalue weighted by Crippen LogP contribution is 2.32. The number of guanidine groups is 1. The second kappa shape index (κ2) is 4.91. The smallest absolute Gasteiger partial charge is 0.271 e. The number of fused-ring (bicyclic) bond motifs is 1. The van der Waals surface area contributed by atoms with Gasteiger partial charge in [0, 0.05) is 0 Å². The van der Waals surface area contributed by atoms with Crippen LogP contribution in [-0.2, 0) is 11.8 Å². The first kappa shape index (κ1) is 14.2. The molecular weight excluding hydrogens is 285 g/mol. The normalized spacial score (nSPS) is 35.3. The minimum Gasteiger partial charge on any atom is -0.394 e. The van der Waals surface area contributed by atoms with E-state index >= 15 is 0 Å². The van der Waals surface area contributed by atoms with E-state index in [9.17, 15) is 14.6 Å². The van der Waals surface area contributed by atoms with Crippen molar-refractivity contribution in [2.45, 2.75) is 30.8 Å². The van der Waals surface area contributed by atoms with Gasteiger partial charge >= 0.3 is 0 Å². The van der Waals surface area contributed by atoms with Gasteiger partial charge in [0.05, 0.1) is 13.7 Å². The summed E-state index contributed by atoms with van der Waals surface area (Å²) in [6.07, 6.45) is -4.98. The van der Waals surface area contributed by atoms with Crippen molar-refractivity contribution < 1.29 is 29.0 Å². The number of ether oxygens (including phenoxy) is 1. The zero-order valence-electron chi connectivity index (χ0n) is 11.2. The second-order valence-corrected chi connectivity index (χ2v) is 5.06. The summed E-state index contributed by atoms with van der Waals surface area (Å²) in [5.41, 5.74) is 5.96. The van der Waals surface area contributed by atoms with Gasteiger partial charge in [-0.25, -0.2) is 14.3 Å². The number of hydrogen-bond donors (Lipinski definition) is 5. The number of alkyl halides is 1. The number of aliphatic hydroxyl groups excluding tert-OH is 3. The molecule has 2 aliphatic heterocycles. The first-order chi connectivity index (χ1) is 9.93. The molecule has 21 heavy (non-hydrogen) atoms. The Labute approximate surface area is 119 Å². The lowest BCUT2D eigenvalue weighted by molar-refractivity contribution is -0.751. The van der Waals surface area contributed by atoms with Gasteiger partial charge in [0.25, 0.3) is 11.8 Å². The molecular formula is C11H17FN5O4+. The second-order valence-electron chi connectivity index (χ2n) is 5.06. The topological polar surface area (TPSA) is 129 Å². The van der Waals surface area contributed by atoms with E-state index in [1.165, 1.54) is 10.9 Å². The molecule has 1 aromatic rings. The molecule has 1 aromatic heterocycles. The maximum Gasteiger partial charge on any atom is 0.271 e. The lowest BCUT2D eigenvalue weighted by Crippen LogP contribution is -2.47. The largest absolute Gasteiger partial charge is 0.394 e. The van der Waals surface area contributed by atoms with Gasteiger partial charge in [-0.05, 0) is 0 Å². The van der Waals surface area contributed by atoms with Crippen molar-refractivity contribution in [2.24, 2.45) is 17.8 Å². The van der Waals surface area contributed by atoms with Crippen LogP contribution in [0.4, 0.5) is 10.2 Å². The van der Waals surface area contributed by atoms with Gasteiger partial charge < -0.3 is 25.8 Å². The molecule has 2 unspecified atom stereocenters. The number of hydrogen-bond acceptors (Lipinski definition) is 7. The van der Waals surface area contributed by atoms with Crippen LogP contribution in [0.2, 0.25) is 0 Å². The number of aryl methyl sites for hydroxylation is 1. The standard InChI is InChI=1S/C11H17FN5O4/c1-16-3-17(8-6(16)9(20)15-11(13)14-8)10-5(12)7(19)4(2-18)21-10/h3-5,7,9-10,18-20H,2H2,1H3,(H3,13,14,15)/q+1/t4-,5+,7?,9?,10-/m1/s1. The Hall–Kier alpha value is -1.75. The highest BCUT2D eigenvalue weighted by Gasteiger charge is 2.49. The van der Waals surface area contributed by atoms with Crippen molar-refractivity contribution in [3.8, 4) is 0 Å². The summed E-state index contributed by atoms with van der Waals surface area (Å²) in [5.74, 6) is 0.318. The van der Waals surface area contributed by atoms with Gasteiger partial charge in [-0.2, -0.15) is 4.99 Å². The number of aromatic nitrogens is 2. The fraction of sp³-hybridized carbons (Fsp3) is 0.636. The van der Waals surface area contributed by atoms with Crippen molar-refractivity contribution in [1.29, 1.82) is 0 Å². The van der Waals surface area contributed by atoms with E-state index in [2.05, 4.69) is 10.3 Å². The van der Waals surface area contributed by atoms with Crippen LogP contribution < -0.4 is 15.6 Å². The van der Waals surface area contributed by atoms with Gasteiger partial charge in [-0.15, -0.1) is 0 Å². The number of aliphatic imine (C=N–C) groups is 1. The summed E-state index contributed by atoms with van der Waals surface area (Å²) in [7, 11) is 1.65. The minimum absolute atomic E-state index is 0.0115. The average Bonchev–Trinajstić information content (AvgIpc) is 2.89. The van der Waals surface area contributed by atoms with Crippen molar-refractivity contribution in [3.05, 3.63) is 12.0 Å². The van der Waals surface area contributed by atoms with Crippen LogP contribution in [0.15, 0.2) is 11.3 Å². The van der Waals surface area contributed by atoms with Gasteiger partial charge in [0.2, 0.25) is 18.1 Å². The third kappa shape index (κ3) is 2.07. The molecule has 116 valence electrons. The zero-order valence-corrected chi connectivity index (χ0v) is 11.2. The minimum atomic E-state index is -1.72. The zero-order chi connectivity index (χ0) is 15.3. The number of rotatable bonds is 2. The first-order valence-corrected chi connectivity index (χ1v) is 6.41. The molecule has 0 spiro atoms. The molecule has 3 heterocycles. The molecule has 0 radical (unpaired) electrons. The number of imidazole rings is 1. The molecule has 3 rings (SSSR count). The van der Waals surface area contributed by atoms with Gasteiger partial charge in [-0.1, -0.05) is 0 Å². The summed E-state index contributed by atoms with van der Waals surface area (Å²) in [4.78, 5) is 3.77. The number of nitrogens with two attached hydrogens (primary N) is 1. The number of aliphatic hydroxyl groups is 3. The maximum atomic E-state index is 14.2. The Kier molecular flexibility index (Phi) is 3.32. The predicted octanol–water partition coefficient (Wildman–Crippen LogP) is -2.37. The molecule has 0 aromatic carbocycles. The molecule has 0 aliphatic carbocycles. The van der Waals surface area contributed by atoms with Crippen LogP contribution in [0.1, 0.15) is 18.1 Å². The van der Waals surface area contributed by atoms with Crippen LogP contribution in [0, 0.1) is 0 Å². The van der Waals surface area contributed by atoms with E-state index < -0.39 is 37.4 Å². The summed E-state index contributed by atoms with van der Waals surface area (Å²) in [6.45, 7) is -0.493. The average molecular weight is 302 g/mol. The molecule has 9 nitrogen and oxygen atoms in total. The summed E-state index contributed by atoms with van der Waals surface area (Å²) >= 11 is 0. The quantitative estimate of drug-likeness (QED) is 0.388. The van der Waals surface area contributed by atoms with E-state index in [0.717, 1.165) is 0 Å². The Bertz CT molecular complexity index is 591. The molecule has 1 saturated heterocycles. The maximum absolute atomic E-state index is 14.2. The highest BCUT2D eigenvalue weighted by molar-refractivity contribution is 5.92. The fourth-order valence-electron chi connectivity index (χ4n) is 2.66. The summed E-state index contributed by atoms with van der Waals surface area (Å²) < 4.78 is 22.5. The number of anilines is 1. The number of nitrogens with zero attached hydrogens (tertiary/aromatic N) is 3. The molecule has 5 atom stereocenters. The van der Waals surface area contributed by atoms with Crippen LogP contribution in [0.25, 0.3) is 0 Å². The van der Waals surface area contributed by atoms with Crippen molar-refractivity contribution >= 4 is 11.8 Å². The molecule has 0 amide bonds. The van der Waals surface area contributed by atoms with Gasteiger partial charge in [0.1, 0.15) is 12.2 Å². The van der Waals surface area contributed by atoms with E-state index in [1.807, 2.05) is 0 Å². The SMILES string of the molecule is Cn1c[n+]([C@@H]2O[C@H](CO)C(O)[C@@H]2F)c2c1C(O)N=C(N)N2. The van der Waals surface area contributed by atoms with Crippen LogP contribution in [0.5, 0.6) is 0 Å². The van der Waals surface area contributed by atoms with Crippen LogP contribution in [0.3, 0.4) is 0 Å². The lowest BCUT2D eigenvalue weighted by atomic mass is 10.1. The lowest BCUT2D eigenvalue weighted by Gasteiger charge is -2.16. The Morgan fingerprint density at radius 2 is 2.29 bits per heavy atom. The Morgan fingerprint density at radius 1 is 1.57 bits per heavy atom. The Balaban J connectivity index is 2.01. The van der Waals surface area contributed by atoms with E-state index in [-0.39, 0.29) is 5.96 Å². The summed E-state index contributed by atoms with van der Waals surface area (Å²) in [6, 6.07) is 0. The fourth-order valence-corrected chi connectivity index (χ4v) is 2.66. The molecule has 0 saturated carbocycles. The third-order valence-electron chi connectivity index (χ3n) is 3.68. The van der Waals surface area contributed by atoms with Gasteiger partial charge in [0.15, 0.2) is 12.5 Å². The Morgan fingerprint density at radius 3 is 2.90 bits per heavy atom. The van der Waals surface area contributed by atoms with E-state index in [4.69, 9.17) is 15.6 Å². The van der Waals surface area contributed by atoms with Crippen molar-refractivity contribution in [3.63, 3.8) is 0 Å². The van der Waals surface area contributed by atoms with E-state index in [1.54, 1.807) is 11.6 Å². The van der Waals surface area contributed by atoms with Crippen LogP contribution >= 0.6 is 0 Å². The van der Waals surface area contributed by atoms with Crippen molar-refractivity contribution in [1.82, 2.24) is 4.57 Å². The van der Waals surface area contributed by atoms with Gasteiger partial charge in [-0.3, -0.25) is 4.57 Å². The number of nitrogens with one attached hydrogen (secondary N) is 1. The molecule has 1 fully saturated rings. The van der Waals surface area contributed by atoms with E-state index in [0.29, 0.717) is 11.5 Å². The monoisotopic (exact) mass is 302 g/mol. The molecule has 6 N–H and O–H groups in total. The highest BCUT2D eigenvalue weighted by atomic mass is 19.1. The van der Waals surface area contributed by atoms with Crippen LogP contribution in [-0.4, -0.2) is 50.8 Å². The predicted molar refractivity (Wildman–Crippen MR) is 67.7 cm³/mol. The third-order valence-corrected chi connectivity index (χ3v) is 3.68.